The van der Waals surface area contributed by atoms with Crippen molar-refractivity contribution in [2.24, 2.45) is 11.7 Å². The molecule has 22 heavy (non-hydrogen) atoms. The van der Waals surface area contributed by atoms with Crippen LogP contribution in [0.2, 0.25) is 0 Å². The molecule has 1 saturated heterocycles. The molecule has 0 aliphatic carbocycles. The summed E-state index contributed by atoms with van der Waals surface area (Å²) in [6, 6.07) is -0.582. The molecule has 1 aliphatic rings. The molecule has 4 N–H and O–H groups in total. The van der Waals surface area contributed by atoms with Gasteiger partial charge in [-0.25, -0.2) is 0 Å². The Morgan fingerprint density at radius 2 is 1.95 bits per heavy atom. The second-order valence-corrected chi connectivity index (χ2v) is 5.42. The van der Waals surface area contributed by atoms with Crippen molar-refractivity contribution in [3.63, 3.8) is 0 Å². The summed E-state index contributed by atoms with van der Waals surface area (Å²) in [7, 11) is 1.52. The highest BCUT2D eigenvalue weighted by Crippen LogP contribution is 2.21. The van der Waals surface area contributed by atoms with Crippen LogP contribution in [0.1, 0.15) is 32.6 Å². The lowest BCUT2D eigenvalue weighted by Crippen LogP contribution is -2.45. The molecule has 0 bridgehead atoms. The highest BCUT2D eigenvalue weighted by molar-refractivity contribution is 5.88. The zero-order valence-electron chi connectivity index (χ0n) is 13.1. The van der Waals surface area contributed by atoms with E-state index in [2.05, 4.69) is 10.6 Å². The predicted molar refractivity (Wildman–Crippen MR) is 79.4 cm³/mol. The van der Waals surface area contributed by atoms with Crippen LogP contribution >= 0.6 is 0 Å². The molecule has 1 unspecified atom stereocenters. The van der Waals surface area contributed by atoms with Crippen LogP contribution in [0.25, 0.3) is 0 Å². The molecule has 8 heteroatoms. The molecule has 1 rings (SSSR count). The van der Waals surface area contributed by atoms with Crippen molar-refractivity contribution < 1.29 is 19.2 Å². The average molecular weight is 312 g/mol. The number of nitrogens with two attached hydrogens (primary N) is 1. The minimum absolute atomic E-state index is 0.0372. The minimum atomic E-state index is -0.582. The van der Waals surface area contributed by atoms with Gasteiger partial charge in [0.25, 0.3) is 0 Å². The molecular formula is C14H24N4O4. The van der Waals surface area contributed by atoms with Crippen LogP contribution in [-0.4, -0.2) is 54.7 Å². The first-order valence-electron chi connectivity index (χ1n) is 7.45. The van der Waals surface area contributed by atoms with E-state index >= 15 is 0 Å². The van der Waals surface area contributed by atoms with Gasteiger partial charge in [-0.2, -0.15) is 0 Å². The summed E-state index contributed by atoms with van der Waals surface area (Å²) in [6.07, 6.45) is 1.02. The minimum Gasteiger partial charge on any atom is -0.368 e. The van der Waals surface area contributed by atoms with E-state index in [1.807, 2.05) is 0 Å². The van der Waals surface area contributed by atoms with Crippen molar-refractivity contribution in [2.45, 2.75) is 38.6 Å². The predicted octanol–water partition coefficient (Wildman–Crippen LogP) is -1.26. The number of carbonyl (C=O) groups excluding carboxylic acids is 4. The highest BCUT2D eigenvalue weighted by Gasteiger charge is 2.35. The fourth-order valence-electron chi connectivity index (χ4n) is 2.52. The zero-order valence-corrected chi connectivity index (χ0v) is 13.1. The molecule has 1 aliphatic heterocycles. The maximum atomic E-state index is 11.9. The Kier molecular flexibility index (Phi) is 6.81. The fraction of sp³-hybridized carbons (Fsp3) is 0.714. The second kappa shape index (κ2) is 8.35. The molecule has 0 spiro atoms. The Morgan fingerprint density at radius 3 is 2.50 bits per heavy atom. The van der Waals surface area contributed by atoms with Gasteiger partial charge >= 0.3 is 0 Å². The number of carbonyl (C=O) groups is 4. The number of nitrogens with zero attached hydrogens (tertiary/aromatic N) is 1. The lowest BCUT2D eigenvalue weighted by molar-refractivity contribution is -0.136. The molecule has 0 saturated carbocycles. The zero-order chi connectivity index (χ0) is 16.7. The number of nitrogens with one attached hydrogen (secondary N) is 2. The Morgan fingerprint density at radius 1 is 1.32 bits per heavy atom. The fourth-order valence-corrected chi connectivity index (χ4v) is 2.52. The number of hydrogen-bond acceptors (Lipinski definition) is 4. The van der Waals surface area contributed by atoms with Crippen LogP contribution in [0.5, 0.6) is 0 Å². The molecule has 2 atom stereocenters. The number of amides is 4. The van der Waals surface area contributed by atoms with Gasteiger partial charge in [-0.1, -0.05) is 6.92 Å². The molecule has 1 fully saturated rings. The summed E-state index contributed by atoms with van der Waals surface area (Å²) in [4.78, 5) is 47.4. The molecule has 8 nitrogen and oxygen atoms in total. The molecule has 0 aromatic heterocycles. The summed E-state index contributed by atoms with van der Waals surface area (Å²) in [5, 5.41) is 5.16. The standard InChI is InChI=1S/C14H24N4O4/c1-3-10(14(15)22)18-8-9(6-13(18)21)7-17-12(20)5-4-11(19)16-2/h9-10H,3-8H2,1-2H3,(H2,15,22)(H,16,19)(H,17,20)/t9?,10-/m1/s1. The van der Waals surface area contributed by atoms with Crippen molar-refractivity contribution >= 4 is 23.6 Å². The van der Waals surface area contributed by atoms with Crippen LogP contribution in [0.4, 0.5) is 0 Å². The molecule has 4 amide bonds. The van der Waals surface area contributed by atoms with Gasteiger partial charge < -0.3 is 21.3 Å². The third-order valence-electron chi connectivity index (χ3n) is 3.78. The monoisotopic (exact) mass is 312 g/mol. The van der Waals surface area contributed by atoms with E-state index in [0.717, 1.165) is 0 Å². The van der Waals surface area contributed by atoms with Gasteiger partial charge in [0.1, 0.15) is 6.04 Å². The van der Waals surface area contributed by atoms with Gasteiger partial charge in [0.2, 0.25) is 23.6 Å². The lowest BCUT2D eigenvalue weighted by atomic mass is 10.1. The van der Waals surface area contributed by atoms with Crippen LogP contribution in [0.15, 0.2) is 0 Å². The van der Waals surface area contributed by atoms with E-state index in [4.69, 9.17) is 5.73 Å². The van der Waals surface area contributed by atoms with Gasteiger partial charge in [0, 0.05) is 45.3 Å². The van der Waals surface area contributed by atoms with Crippen LogP contribution in [-0.2, 0) is 19.2 Å². The molecule has 124 valence electrons. The van der Waals surface area contributed by atoms with E-state index < -0.39 is 11.9 Å². The lowest BCUT2D eigenvalue weighted by Gasteiger charge is -2.24. The first kappa shape index (κ1) is 17.9. The van der Waals surface area contributed by atoms with Gasteiger partial charge in [0.15, 0.2) is 0 Å². The largest absolute Gasteiger partial charge is 0.368 e. The van der Waals surface area contributed by atoms with E-state index in [0.29, 0.717) is 25.9 Å². The molecule has 0 aromatic carbocycles. The normalized spacial score (nSPS) is 18.9. The maximum absolute atomic E-state index is 11.9. The summed E-state index contributed by atoms with van der Waals surface area (Å²) >= 11 is 0. The first-order valence-corrected chi connectivity index (χ1v) is 7.45. The smallest absolute Gasteiger partial charge is 0.240 e. The Labute approximate surface area is 129 Å². The van der Waals surface area contributed by atoms with Crippen molar-refractivity contribution in [2.75, 3.05) is 20.1 Å². The second-order valence-electron chi connectivity index (χ2n) is 5.42. The van der Waals surface area contributed by atoms with Gasteiger partial charge in [0.05, 0.1) is 0 Å². The number of primary amides is 1. The quantitative estimate of drug-likeness (QED) is 0.518. The number of hydrogen-bond donors (Lipinski definition) is 3. The number of likely N-dealkylation sites (tertiary alicyclic amines) is 1. The molecular weight excluding hydrogens is 288 g/mol. The summed E-state index contributed by atoms with van der Waals surface area (Å²) in [5.74, 6) is -1.08. The molecule has 0 aromatic rings. The number of rotatable bonds is 8. The third-order valence-corrected chi connectivity index (χ3v) is 3.78. The summed E-state index contributed by atoms with van der Waals surface area (Å²) < 4.78 is 0. The first-order chi connectivity index (χ1) is 10.4. The van der Waals surface area contributed by atoms with Crippen molar-refractivity contribution in [1.29, 1.82) is 0 Å². The summed E-state index contributed by atoms with van der Waals surface area (Å²) in [5.41, 5.74) is 5.30. The SMILES string of the molecule is CC[C@H](C(N)=O)N1CC(CNC(=O)CCC(=O)NC)CC1=O. The Balaban J connectivity index is 2.40. The Bertz CT molecular complexity index is 452. The average Bonchev–Trinajstić information content (AvgIpc) is 2.84. The van der Waals surface area contributed by atoms with Gasteiger partial charge in [-0.05, 0) is 6.42 Å². The Hall–Kier alpha value is -2.12. The van der Waals surface area contributed by atoms with E-state index in [1.165, 1.54) is 11.9 Å². The molecule has 0 radical (unpaired) electrons. The van der Waals surface area contributed by atoms with Crippen LogP contribution < -0.4 is 16.4 Å². The van der Waals surface area contributed by atoms with Gasteiger partial charge in [-0.3, -0.25) is 19.2 Å². The summed E-state index contributed by atoms with van der Waals surface area (Å²) in [6.45, 7) is 2.57. The van der Waals surface area contributed by atoms with E-state index in [9.17, 15) is 19.2 Å². The van der Waals surface area contributed by atoms with Crippen LogP contribution in [0, 0.1) is 5.92 Å². The topological polar surface area (TPSA) is 122 Å². The van der Waals surface area contributed by atoms with Crippen molar-refractivity contribution in [3.8, 4) is 0 Å². The highest BCUT2D eigenvalue weighted by atomic mass is 16.2. The van der Waals surface area contributed by atoms with Crippen molar-refractivity contribution in [1.82, 2.24) is 15.5 Å². The van der Waals surface area contributed by atoms with E-state index in [-0.39, 0.29) is 36.5 Å². The van der Waals surface area contributed by atoms with Crippen molar-refractivity contribution in [3.05, 3.63) is 0 Å². The third kappa shape index (κ3) is 5.01. The van der Waals surface area contributed by atoms with E-state index in [1.54, 1.807) is 6.92 Å². The van der Waals surface area contributed by atoms with Gasteiger partial charge in [-0.15, -0.1) is 0 Å². The van der Waals surface area contributed by atoms with Crippen LogP contribution in [0.3, 0.4) is 0 Å². The maximum Gasteiger partial charge on any atom is 0.240 e. The molecule has 1 heterocycles.